The molecule has 3 aromatic carbocycles. The van der Waals surface area contributed by atoms with Crippen LogP contribution in [0.5, 0.6) is 0 Å². The summed E-state index contributed by atoms with van der Waals surface area (Å²) in [5.74, 6) is 4.21. The highest BCUT2D eigenvalue weighted by molar-refractivity contribution is 5.80. The van der Waals surface area contributed by atoms with Crippen molar-refractivity contribution in [3.8, 4) is 0 Å². The Labute approximate surface area is 300 Å². The van der Waals surface area contributed by atoms with Gasteiger partial charge in [0.25, 0.3) is 0 Å². The Bertz CT molecular complexity index is 1580. The number of guanidine groups is 2. The third kappa shape index (κ3) is 7.44. The van der Waals surface area contributed by atoms with Crippen molar-refractivity contribution in [2.24, 2.45) is 28.5 Å². The number of nitrogens with zero attached hydrogens (tertiary/aromatic N) is 5. The second-order valence-electron chi connectivity index (χ2n) is 16.1. The van der Waals surface area contributed by atoms with E-state index in [4.69, 9.17) is 10.7 Å². The molecule has 3 aliphatic heterocycles. The van der Waals surface area contributed by atoms with Crippen LogP contribution in [-0.4, -0.2) is 95.0 Å². The molecule has 7 atom stereocenters. The molecule has 5 aliphatic rings. The van der Waals surface area contributed by atoms with Crippen LogP contribution in [0.3, 0.4) is 0 Å². The fourth-order valence-electron chi connectivity index (χ4n) is 10.3. The van der Waals surface area contributed by atoms with Gasteiger partial charge in [0.2, 0.25) is 0 Å². The zero-order valence-electron chi connectivity index (χ0n) is 29.8. The molecule has 3 heterocycles. The van der Waals surface area contributed by atoms with Crippen LogP contribution >= 0.6 is 0 Å². The van der Waals surface area contributed by atoms with Crippen LogP contribution in [0.4, 0.5) is 0 Å². The van der Waals surface area contributed by atoms with E-state index in [1.165, 1.54) is 61.6 Å². The molecule has 7 nitrogen and oxygen atoms in total. The van der Waals surface area contributed by atoms with Crippen molar-refractivity contribution in [1.29, 1.82) is 5.41 Å². The summed E-state index contributed by atoms with van der Waals surface area (Å²) in [6.07, 6.45) is 12.3. The number of aliphatic imine (C=N–C) groups is 1. The molecular weight excluding hydrogens is 615 g/mol. The Morgan fingerprint density at radius 2 is 1.44 bits per heavy atom. The minimum Gasteiger partial charge on any atom is -0.370 e. The van der Waals surface area contributed by atoms with Crippen molar-refractivity contribution in [2.45, 2.75) is 88.4 Å². The fraction of sp³-hybridized carbons (Fsp3) is 0.535. The topological polar surface area (TPSA) is 75.2 Å². The van der Waals surface area contributed by atoms with Gasteiger partial charge in [-0.3, -0.25) is 15.3 Å². The first-order chi connectivity index (χ1) is 24.6. The standard InChI is InChI=1S/C43H57N7/c44-42-46-28-39(25-32-11-4-1-5-12-32)49(42)30-38-17-10-21-47(38)29-40(26-33-13-6-2-7-14-33)50-31-41(27-34-15-8-3-9-16-34)48(43(50)45)22-20-37-24-35-18-19-36(37)23-35/h1-9,11-16,35-41,45H,10,17-31H2,(H2,44,46)/t35?,36?,37?,38?,39-,40-,41-/m0/s1. The van der Waals surface area contributed by atoms with E-state index < -0.39 is 0 Å². The van der Waals surface area contributed by atoms with E-state index in [2.05, 4.69) is 111 Å². The summed E-state index contributed by atoms with van der Waals surface area (Å²) in [6.45, 7) is 5.71. The number of fused-ring (bicyclic) bond motifs is 2. The number of benzene rings is 3. The van der Waals surface area contributed by atoms with Gasteiger partial charge in [-0.1, -0.05) is 97.4 Å². The minimum absolute atomic E-state index is 0.237. The van der Waals surface area contributed by atoms with Crippen LogP contribution in [0, 0.1) is 23.2 Å². The molecule has 2 saturated carbocycles. The molecule has 8 rings (SSSR count). The molecule has 50 heavy (non-hydrogen) atoms. The molecule has 3 aromatic rings. The Balaban J connectivity index is 1.00. The van der Waals surface area contributed by atoms with Gasteiger partial charge >= 0.3 is 0 Å². The maximum Gasteiger partial charge on any atom is 0.194 e. The smallest absolute Gasteiger partial charge is 0.194 e. The minimum atomic E-state index is 0.237. The number of likely N-dealkylation sites (tertiary alicyclic amines) is 1. The Hall–Kier alpha value is -3.84. The Kier molecular flexibility index (Phi) is 10.1. The van der Waals surface area contributed by atoms with Crippen molar-refractivity contribution >= 4 is 11.9 Å². The van der Waals surface area contributed by atoms with Gasteiger partial charge in [0, 0.05) is 38.3 Å². The van der Waals surface area contributed by atoms with Crippen LogP contribution in [0.25, 0.3) is 0 Å². The third-order valence-electron chi connectivity index (χ3n) is 13.0. The molecule has 2 saturated heterocycles. The largest absolute Gasteiger partial charge is 0.370 e. The van der Waals surface area contributed by atoms with Crippen LogP contribution in [0.1, 0.15) is 61.6 Å². The number of rotatable bonds is 14. The monoisotopic (exact) mass is 671 g/mol. The first-order valence-electron chi connectivity index (χ1n) is 19.6. The zero-order chi connectivity index (χ0) is 33.9. The molecule has 264 valence electrons. The lowest BCUT2D eigenvalue weighted by Gasteiger charge is -2.37. The summed E-state index contributed by atoms with van der Waals surface area (Å²) in [5, 5.41) is 9.79. The summed E-state index contributed by atoms with van der Waals surface area (Å²) in [5.41, 5.74) is 10.7. The van der Waals surface area contributed by atoms with Gasteiger partial charge in [-0.15, -0.1) is 0 Å². The first kappa shape index (κ1) is 33.3. The first-order valence-corrected chi connectivity index (χ1v) is 19.6. The summed E-state index contributed by atoms with van der Waals surface area (Å²) in [4.78, 5) is 14.9. The molecule has 0 spiro atoms. The lowest BCUT2D eigenvalue weighted by molar-refractivity contribution is 0.157. The summed E-state index contributed by atoms with van der Waals surface area (Å²) < 4.78 is 0. The number of nitrogens with one attached hydrogen (secondary N) is 1. The van der Waals surface area contributed by atoms with Gasteiger partial charge < -0.3 is 20.4 Å². The van der Waals surface area contributed by atoms with Gasteiger partial charge in [0.1, 0.15) is 0 Å². The van der Waals surface area contributed by atoms with Gasteiger partial charge in [-0.2, -0.15) is 0 Å². The van der Waals surface area contributed by atoms with Crippen LogP contribution in [0.15, 0.2) is 96.0 Å². The number of hydrogen-bond acceptors (Lipinski definition) is 5. The molecule has 4 fully saturated rings. The predicted molar refractivity (Wildman–Crippen MR) is 204 cm³/mol. The second kappa shape index (κ2) is 15.2. The summed E-state index contributed by atoms with van der Waals surface area (Å²) in [6, 6.07) is 34.1. The quantitative estimate of drug-likeness (QED) is 0.211. The van der Waals surface area contributed by atoms with Crippen LogP contribution in [0.2, 0.25) is 0 Å². The van der Waals surface area contributed by atoms with E-state index in [1.54, 1.807) is 0 Å². The summed E-state index contributed by atoms with van der Waals surface area (Å²) >= 11 is 0. The molecule has 2 bridgehead atoms. The molecule has 0 radical (unpaired) electrons. The normalized spacial score (nSPS) is 28.6. The zero-order valence-corrected chi connectivity index (χ0v) is 29.8. The SMILES string of the molecule is N=C1N(CCC2CC3CCC2C3)[C@@H](Cc2ccccc2)CN1[C@@H](Cc1ccccc1)CN1CCCC1CN1C(N)=NC[C@@H]1Cc1ccccc1. The average Bonchev–Trinajstić information content (AvgIpc) is 3.99. The van der Waals surface area contributed by atoms with Crippen molar-refractivity contribution in [3.63, 3.8) is 0 Å². The molecule has 3 N–H and O–H groups in total. The Morgan fingerprint density at radius 3 is 2.10 bits per heavy atom. The van der Waals surface area contributed by atoms with E-state index in [1.807, 2.05) is 0 Å². The second-order valence-corrected chi connectivity index (χ2v) is 16.1. The maximum absolute atomic E-state index is 9.79. The van der Waals surface area contributed by atoms with Crippen molar-refractivity contribution in [2.75, 3.05) is 39.3 Å². The van der Waals surface area contributed by atoms with E-state index in [0.29, 0.717) is 24.1 Å². The number of nitrogens with two attached hydrogens (primary N) is 1. The van der Waals surface area contributed by atoms with Crippen LogP contribution in [-0.2, 0) is 19.3 Å². The predicted octanol–water partition coefficient (Wildman–Crippen LogP) is 6.29. The van der Waals surface area contributed by atoms with E-state index >= 15 is 0 Å². The van der Waals surface area contributed by atoms with E-state index in [0.717, 1.165) is 82.2 Å². The van der Waals surface area contributed by atoms with E-state index in [9.17, 15) is 5.41 Å². The highest BCUT2D eigenvalue weighted by Crippen LogP contribution is 2.49. The molecule has 4 unspecified atom stereocenters. The van der Waals surface area contributed by atoms with Gasteiger partial charge in [-0.05, 0) is 98.8 Å². The van der Waals surface area contributed by atoms with Crippen molar-refractivity contribution in [1.82, 2.24) is 19.6 Å². The molecule has 0 amide bonds. The average molecular weight is 672 g/mol. The Morgan fingerprint density at radius 1 is 0.760 bits per heavy atom. The van der Waals surface area contributed by atoms with Gasteiger partial charge in [-0.25, -0.2) is 0 Å². The number of hydrogen-bond donors (Lipinski definition) is 2. The van der Waals surface area contributed by atoms with Gasteiger partial charge in [0.05, 0.1) is 18.6 Å². The lowest BCUT2D eigenvalue weighted by Crippen LogP contribution is -2.52. The lowest BCUT2D eigenvalue weighted by atomic mass is 9.86. The van der Waals surface area contributed by atoms with Gasteiger partial charge in [0.15, 0.2) is 11.9 Å². The molecule has 0 aromatic heterocycles. The molecule has 7 heteroatoms. The highest BCUT2D eigenvalue weighted by Gasteiger charge is 2.43. The molecular formula is C43H57N7. The van der Waals surface area contributed by atoms with Crippen LogP contribution < -0.4 is 5.73 Å². The summed E-state index contributed by atoms with van der Waals surface area (Å²) in [7, 11) is 0. The van der Waals surface area contributed by atoms with E-state index in [-0.39, 0.29) is 6.04 Å². The fourth-order valence-corrected chi connectivity index (χ4v) is 10.3. The third-order valence-corrected chi connectivity index (χ3v) is 13.0. The van der Waals surface area contributed by atoms with Crippen molar-refractivity contribution in [3.05, 3.63) is 108 Å². The van der Waals surface area contributed by atoms with Crippen molar-refractivity contribution < 1.29 is 0 Å². The maximum atomic E-state index is 9.79. The molecule has 2 aliphatic carbocycles. The highest BCUT2D eigenvalue weighted by atomic mass is 15.5.